The molecule has 2 aromatic rings. The first-order chi connectivity index (χ1) is 10.1. The largest absolute Gasteiger partial charge is 0.367 e. The lowest BCUT2D eigenvalue weighted by molar-refractivity contribution is 0.0881. The van der Waals surface area contributed by atoms with Crippen molar-refractivity contribution in [3.63, 3.8) is 0 Å². The van der Waals surface area contributed by atoms with Crippen LogP contribution in [0.1, 0.15) is 32.6 Å². The fraction of sp³-hybridized carbons (Fsp3) is 0.714. The molecular formula is C14H23N7. The first-order valence-corrected chi connectivity index (χ1v) is 7.56. The number of likely N-dealkylation sites (N-methyl/N-ethyl adjacent to an activating group) is 1. The van der Waals surface area contributed by atoms with Crippen LogP contribution in [0.4, 0.5) is 5.82 Å². The highest BCUT2D eigenvalue weighted by molar-refractivity contribution is 5.42. The molecule has 7 nitrogen and oxygen atoms in total. The third-order valence-electron chi connectivity index (χ3n) is 4.68. The fourth-order valence-electron chi connectivity index (χ4n) is 3.36. The molecule has 2 aromatic heterocycles. The number of nitrogens with one attached hydrogen (secondary N) is 1. The minimum atomic E-state index is 0.203. The second-order valence-electron chi connectivity index (χ2n) is 6.42. The summed E-state index contributed by atoms with van der Waals surface area (Å²) < 4.78 is 1.45. The van der Waals surface area contributed by atoms with Gasteiger partial charge in [-0.2, -0.15) is 0 Å². The normalized spacial score (nSPS) is 26.4. The van der Waals surface area contributed by atoms with Crippen LogP contribution in [0.5, 0.6) is 0 Å². The summed E-state index contributed by atoms with van der Waals surface area (Å²) >= 11 is 0. The molecule has 2 atom stereocenters. The van der Waals surface area contributed by atoms with E-state index in [0.717, 1.165) is 18.3 Å². The van der Waals surface area contributed by atoms with Gasteiger partial charge in [0.2, 0.25) is 0 Å². The molecule has 7 heteroatoms. The van der Waals surface area contributed by atoms with Gasteiger partial charge in [0, 0.05) is 12.1 Å². The van der Waals surface area contributed by atoms with Crippen LogP contribution in [0.25, 0.3) is 5.65 Å². The standard InChI is InChI=1S/C14H23N7/c1-11-5-4-8-14(9-11,20(2)3)10-15-12-6-7-13-16-18-19-21(13)17-12/h6-7,11H,4-5,8-10H2,1-3H3,(H,15,17)/t11-,14+/m1/s1. The van der Waals surface area contributed by atoms with Gasteiger partial charge in [-0.1, -0.05) is 19.8 Å². The number of anilines is 1. The van der Waals surface area contributed by atoms with E-state index in [1.54, 1.807) is 0 Å². The lowest BCUT2D eigenvalue weighted by Gasteiger charge is -2.45. The van der Waals surface area contributed by atoms with E-state index in [0.29, 0.717) is 5.65 Å². The number of aromatic nitrogens is 5. The Balaban J connectivity index is 1.74. The maximum Gasteiger partial charge on any atom is 0.200 e. The van der Waals surface area contributed by atoms with Gasteiger partial charge in [-0.3, -0.25) is 0 Å². The number of tetrazole rings is 1. The van der Waals surface area contributed by atoms with Crippen molar-refractivity contribution in [3.8, 4) is 0 Å². The van der Waals surface area contributed by atoms with Gasteiger partial charge in [-0.05, 0) is 55.4 Å². The fourth-order valence-corrected chi connectivity index (χ4v) is 3.36. The van der Waals surface area contributed by atoms with Gasteiger partial charge in [0.25, 0.3) is 0 Å². The Morgan fingerprint density at radius 3 is 3.05 bits per heavy atom. The summed E-state index contributed by atoms with van der Waals surface area (Å²) in [7, 11) is 4.36. The Labute approximate surface area is 124 Å². The van der Waals surface area contributed by atoms with Gasteiger partial charge in [-0.25, -0.2) is 0 Å². The zero-order valence-corrected chi connectivity index (χ0v) is 13.0. The van der Waals surface area contributed by atoms with Crippen molar-refractivity contribution in [1.29, 1.82) is 0 Å². The van der Waals surface area contributed by atoms with Gasteiger partial charge in [0.05, 0.1) is 0 Å². The third kappa shape index (κ3) is 2.83. The zero-order valence-electron chi connectivity index (χ0n) is 13.0. The van der Waals surface area contributed by atoms with Crippen LogP contribution in [0, 0.1) is 5.92 Å². The van der Waals surface area contributed by atoms with Gasteiger partial charge in [0.15, 0.2) is 5.65 Å². The highest BCUT2D eigenvalue weighted by atomic mass is 15.6. The molecule has 21 heavy (non-hydrogen) atoms. The predicted molar refractivity (Wildman–Crippen MR) is 81.1 cm³/mol. The molecule has 1 aliphatic carbocycles. The first kappa shape index (κ1) is 14.2. The average Bonchev–Trinajstić information content (AvgIpc) is 2.92. The number of fused-ring (bicyclic) bond motifs is 1. The summed E-state index contributed by atoms with van der Waals surface area (Å²) in [4.78, 5) is 2.37. The van der Waals surface area contributed by atoms with Crippen LogP contribution in [-0.4, -0.2) is 56.3 Å². The van der Waals surface area contributed by atoms with Crippen molar-refractivity contribution in [2.75, 3.05) is 26.0 Å². The summed E-state index contributed by atoms with van der Waals surface area (Å²) in [5.41, 5.74) is 0.865. The minimum absolute atomic E-state index is 0.203. The van der Waals surface area contributed by atoms with Gasteiger partial charge in [0.1, 0.15) is 5.82 Å². The number of nitrogens with zero attached hydrogens (tertiary/aromatic N) is 6. The topological polar surface area (TPSA) is 71.2 Å². The molecule has 2 heterocycles. The quantitative estimate of drug-likeness (QED) is 0.918. The molecule has 1 fully saturated rings. The summed E-state index contributed by atoms with van der Waals surface area (Å²) in [5, 5.41) is 19.2. The minimum Gasteiger partial charge on any atom is -0.367 e. The van der Waals surface area contributed by atoms with Crippen LogP contribution in [0.2, 0.25) is 0 Å². The monoisotopic (exact) mass is 289 g/mol. The van der Waals surface area contributed by atoms with Crippen LogP contribution in [0.15, 0.2) is 12.1 Å². The molecule has 1 saturated carbocycles. The van der Waals surface area contributed by atoms with Crippen molar-refractivity contribution in [2.45, 2.75) is 38.1 Å². The molecule has 114 valence electrons. The Kier molecular flexibility index (Phi) is 3.75. The molecule has 0 bridgehead atoms. The highest BCUT2D eigenvalue weighted by Gasteiger charge is 2.36. The van der Waals surface area contributed by atoms with Crippen LogP contribution in [-0.2, 0) is 0 Å². The maximum absolute atomic E-state index is 4.38. The Morgan fingerprint density at radius 2 is 2.29 bits per heavy atom. The van der Waals surface area contributed by atoms with Crippen LogP contribution < -0.4 is 5.32 Å². The molecule has 0 unspecified atom stereocenters. The van der Waals surface area contributed by atoms with E-state index in [2.05, 4.69) is 51.9 Å². The summed E-state index contributed by atoms with van der Waals surface area (Å²) in [6, 6.07) is 3.81. The van der Waals surface area contributed by atoms with E-state index in [1.807, 2.05) is 12.1 Å². The van der Waals surface area contributed by atoms with E-state index in [9.17, 15) is 0 Å². The van der Waals surface area contributed by atoms with Crippen molar-refractivity contribution in [2.24, 2.45) is 5.92 Å². The zero-order chi connectivity index (χ0) is 14.9. The molecule has 3 rings (SSSR count). The summed E-state index contributed by atoms with van der Waals surface area (Å²) in [6.45, 7) is 3.24. The molecule has 0 saturated heterocycles. The maximum atomic E-state index is 4.38. The van der Waals surface area contributed by atoms with E-state index in [-0.39, 0.29) is 5.54 Å². The lowest BCUT2D eigenvalue weighted by Crippen LogP contribution is -2.52. The summed E-state index contributed by atoms with van der Waals surface area (Å²) in [6.07, 6.45) is 5.08. The molecule has 1 N–H and O–H groups in total. The SMILES string of the molecule is C[C@@H]1CCC[C@](CNc2ccc3nnnn3n2)(N(C)C)C1. The number of hydrogen-bond acceptors (Lipinski definition) is 6. The van der Waals surface area contributed by atoms with E-state index in [1.165, 1.54) is 30.3 Å². The Bertz CT molecular complexity index is 608. The van der Waals surface area contributed by atoms with Gasteiger partial charge in [-0.15, -0.1) is 14.8 Å². The number of hydrogen-bond donors (Lipinski definition) is 1. The predicted octanol–water partition coefficient (Wildman–Crippen LogP) is 1.44. The van der Waals surface area contributed by atoms with Crippen molar-refractivity contribution in [1.82, 2.24) is 30.2 Å². The molecule has 0 amide bonds. The second kappa shape index (κ2) is 5.55. The van der Waals surface area contributed by atoms with Crippen LogP contribution >= 0.6 is 0 Å². The Hall–Kier alpha value is -1.76. The van der Waals surface area contributed by atoms with E-state index >= 15 is 0 Å². The smallest absolute Gasteiger partial charge is 0.200 e. The molecular weight excluding hydrogens is 266 g/mol. The van der Waals surface area contributed by atoms with Crippen molar-refractivity contribution in [3.05, 3.63) is 12.1 Å². The van der Waals surface area contributed by atoms with Crippen molar-refractivity contribution >= 4 is 11.5 Å². The number of rotatable bonds is 4. The average molecular weight is 289 g/mol. The molecule has 0 aliphatic heterocycles. The first-order valence-electron chi connectivity index (χ1n) is 7.56. The second-order valence-corrected chi connectivity index (χ2v) is 6.42. The van der Waals surface area contributed by atoms with Gasteiger partial charge < -0.3 is 10.2 Å². The molecule has 0 spiro atoms. The molecule has 0 aromatic carbocycles. The van der Waals surface area contributed by atoms with Gasteiger partial charge >= 0.3 is 0 Å². The molecule has 1 aliphatic rings. The molecule has 0 radical (unpaired) electrons. The van der Waals surface area contributed by atoms with Crippen LogP contribution in [0.3, 0.4) is 0 Å². The van der Waals surface area contributed by atoms with E-state index < -0.39 is 0 Å². The van der Waals surface area contributed by atoms with Crippen molar-refractivity contribution < 1.29 is 0 Å². The van der Waals surface area contributed by atoms with E-state index in [4.69, 9.17) is 0 Å². The highest BCUT2D eigenvalue weighted by Crippen LogP contribution is 2.35. The summed E-state index contributed by atoms with van der Waals surface area (Å²) in [5.74, 6) is 1.59. The third-order valence-corrected chi connectivity index (χ3v) is 4.68. The Morgan fingerprint density at radius 1 is 1.43 bits per heavy atom. The lowest BCUT2D eigenvalue weighted by atomic mass is 9.75.